The monoisotopic (exact) mass is 434 g/mol. The lowest BCUT2D eigenvalue weighted by atomic mass is 9.91. The Morgan fingerprint density at radius 1 is 0.774 bits per heavy atom. The summed E-state index contributed by atoms with van der Waals surface area (Å²) >= 11 is 0. The van der Waals surface area contributed by atoms with E-state index in [1.165, 1.54) is 95.6 Å². The number of carboxylic acids is 1. The highest BCUT2D eigenvalue weighted by atomic mass is 16.4. The van der Waals surface area contributed by atoms with E-state index in [1.807, 2.05) is 6.92 Å². The fourth-order valence-electron chi connectivity index (χ4n) is 4.46. The lowest BCUT2D eigenvalue weighted by molar-refractivity contribution is 0.0695. The Balaban J connectivity index is 2.12. The van der Waals surface area contributed by atoms with E-state index in [4.69, 9.17) is 0 Å². The van der Waals surface area contributed by atoms with Crippen LogP contribution in [-0.2, 0) is 6.42 Å². The van der Waals surface area contributed by atoms with Crippen LogP contribution in [-0.4, -0.2) is 21.3 Å². The molecule has 0 aromatic heterocycles. The van der Waals surface area contributed by atoms with E-state index in [9.17, 15) is 20.1 Å². The largest absolute Gasteiger partial charge is 0.508 e. The Kier molecular flexibility index (Phi) is 15.1. The lowest BCUT2D eigenvalue weighted by Gasteiger charge is -2.18. The molecule has 0 spiro atoms. The molecular weight excluding hydrogens is 388 g/mol. The van der Waals surface area contributed by atoms with Crippen molar-refractivity contribution in [3.63, 3.8) is 0 Å². The molecule has 0 aliphatic heterocycles. The molecule has 1 atom stereocenters. The van der Waals surface area contributed by atoms with E-state index in [0.29, 0.717) is 24.0 Å². The lowest BCUT2D eigenvalue weighted by Crippen LogP contribution is -2.09. The second-order valence-corrected chi connectivity index (χ2v) is 8.94. The molecule has 4 heteroatoms. The summed E-state index contributed by atoms with van der Waals surface area (Å²) in [5, 5.41) is 30.1. The average Bonchev–Trinajstić information content (AvgIpc) is 2.75. The molecule has 0 saturated heterocycles. The van der Waals surface area contributed by atoms with Crippen molar-refractivity contribution in [3.8, 4) is 5.75 Å². The zero-order chi connectivity index (χ0) is 22.9. The summed E-state index contributed by atoms with van der Waals surface area (Å²) in [7, 11) is 0. The summed E-state index contributed by atoms with van der Waals surface area (Å²) in [4.78, 5) is 11.4. The Morgan fingerprint density at radius 3 is 1.65 bits per heavy atom. The summed E-state index contributed by atoms with van der Waals surface area (Å²) < 4.78 is 0. The van der Waals surface area contributed by atoms with Gasteiger partial charge in [-0.15, -0.1) is 0 Å². The molecule has 0 amide bonds. The maximum absolute atomic E-state index is 11.4. The van der Waals surface area contributed by atoms with Crippen LogP contribution in [0.3, 0.4) is 0 Å². The summed E-state index contributed by atoms with van der Waals surface area (Å²) in [6.45, 7) is 4.12. The third kappa shape index (κ3) is 11.0. The van der Waals surface area contributed by atoms with Crippen molar-refractivity contribution < 1.29 is 20.1 Å². The number of aliphatic hydroxyl groups excluding tert-OH is 1. The van der Waals surface area contributed by atoms with Crippen molar-refractivity contribution in [2.75, 3.05) is 0 Å². The zero-order valence-electron chi connectivity index (χ0n) is 20.0. The van der Waals surface area contributed by atoms with Gasteiger partial charge in [0.2, 0.25) is 0 Å². The van der Waals surface area contributed by atoms with Gasteiger partial charge in [-0.05, 0) is 30.5 Å². The van der Waals surface area contributed by atoms with Crippen molar-refractivity contribution in [1.82, 2.24) is 0 Å². The first kappa shape index (κ1) is 27.5. The second-order valence-electron chi connectivity index (χ2n) is 8.94. The van der Waals surface area contributed by atoms with E-state index >= 15 is 0 Å². The second kappa shape index (κ2) is 17.1. The van der Waals surface area contributed by atoms with Gasteiger partial charge >= 0.3 is 5.97 Å². The number of hydrogen-bond donors (Lipinski definition) is 3. The van der Waals surface area contributed by atoms with Crippen LogP contribution in [0.15, 0.2) is 12.1 Å². The molecule has 4 nitrogen and oxygen atoms in total. The molecule has 0 radical (unpaired) electrons. The number of carboxylic acid groups (broad SMARTS) is 1. The highest BCUT2D eigenvalue weighted by molar-refractivity contribution is 5.90. The van der Waals surface area contributed by atoms with Gasteiger partial charge in [0, 0.05) is 5.56 Å². The van der Waals surface area contributed by atoms with E-state index in [0.717, 1.165) is 12.8 Å². The zero-order valence-corrected chi connectivity index (χ0v) is 20.0. The van der Waals surface area contributed by atoms with Crippen molar-refractivity contribution in [2.45, 2.75) is 129 Å². The Morgan fingerprint density at radius 2 is 1.23 bits per heavy atom. The SMILES string of the molecule is CCCCCCCCCCCCCCCCCC(O)c1c(O)ccc(C(=O)O)c1CC. The molecule has 0 aliphatic carbocycles. The fourth-order valence-corrected chi connectivity index (χ4v) is 4.46. The van der Waals surface area contributed by atoms with Crippen LogP contribution in [0.4, 0.5) is 0 Å². The van der Waals surface area contributed by atoms with Crippen LogP contribution in [0.5, 0.6) is 5.75 Å². The number of unbranched alkanes of at least 4 members (excludes halogenated alkanes) is 14. The molecular formula is C27H46O4. The first-order valence-electron chi connectivity index (χ1n) is 12.8. The third-order valence-corrected chi connectivity index (χ3v) is 6.33. The minimum atomic E-state index is -1.02. The number of carbonyl (C=O) groups is 1. The average molecular weight is 435 g/mol. The van der Waals surface area contributed by atoms with Crippen molar-refractivity contribution >= 4 is 5.97 Å². The van der Waals surface area contributed by atoms with Gasteiger partial charge in [0.1, 0.15) is 5.75 Å². The first-order chi connectivity index (χ1) is 15.0. The van der Waals surface area contributed by atoms with Crippen molar-refractivity contribution in [2.24, 2.45) is 0 Å². The number of benzene rings is 1. The third-order valence-electron chi connectivity index (χ3n) is 6.33. The fraction of sp³-hybridized carbons (Fsp3) is 0.741. The predicted molar refractivity (Wildman–Crippen MR) is 129 cm³/mol. The normalized spacial score (nSPS) is 12.2. The highest BCUT2D eigenvalue weighted by Crippen LogP contribution is 2.33. The minimum absolute atomic E-state index is 0.00434. The van der Waals surface area contributed by atoms with Crippen LogP contribution >= 0.6 is 0 Å². The molecule has 1 aromatic carbocycles. The molecule has 1 unspecified atom stereocenters. The number of rotatable bonds is 19. The van der Waals surface area contributed by atoms with Gasteiger partial charge in [-0.1, -0.05) is 110 Å². The molecule has 1 rings (SSSR count). The molecule has 0 heterocycles. The molecule has 3 N–H and O–H groups in total. The summed E-state index contributed by atoms with van der Waals surface area (Å²) in [5.74, 6) is -1.02. The maximum atomic E-state index is 11.4. The molecule has 1 aromatic rings. The van der Waals surface area contributed by atoms with Gasteiger partial charge in [-0.2, -0.15) is 0 Å². The van der Waals surface area contributed by atoms with E-state index in [2.05, 4.69) is 6.92 Å². The van der Waals surface area contributed by atoms with Crippen molar-refractivity contribution in [1.29, 1.82) is 0 Å². The Bertz CT molecular complexity index is 611. The molecule has 31 heavy (non-hydrogen) atoms. The molecule has 0 fully saturated rings. The van der Waals surface area contributed by atoms with Gasteiger partial charge in [0.25, 0.3) is 0 Å². The van der Waals surface area contributed by atoms with Gasteiger partial charge < -0.3 is 15.3 Å². The number of aliphatic hydroxyl groups is 1. The van der Waals surface area contributed by atoms with Crippen LogP contribution in [0.25, 0.3) is 0 Å². The molecule has 0 bridgehead atoms. The van der Waals surface area contributed by atoms with Gasteiger partial charge in [0.15, 0.2) is 0 Å². The number of phenolic OH excluding ortho intramolecular Hbond substituents is 1. The molecule has 178 valence electrons. The molecule has 0 saturated carbocycles. The van der Waals surface area contributed by atoms with Crippen LogP contribution in [0, 0.1) is 0 Å². The quantitative estimate of drug-likeness (QED) is 0.193. The van der Waals surface area contributed by atoms with Gasteiger partial charge in [-0.3, -0.25) is 0 Å². The highest BCUT2D eigenvalue weighted by Gasteiger charge is 2.21. The predicted octanol–water partition coefficient (Wildman–Crippen LogP) is 7.95. The standard InChI is InChI=1S/C27H46O4/c1-3-5-6-7-8-9-10-11-12-13-14-15-16-17-18-19-24(28)26-22(4-2)23(27(30)31)20-21-25(26)29/h20-21,24,28-29H,3-19H2,1-2H3,(H,30,31). The summed E-state index contributed by atoms with van der Waals surface area (Å²) in [5.41, 5.74) is 1.11. The number of hydrogen-bond acceptors (Lipinski definition) is 3. The van der Waals surface area contributed by atoms with Gasteiger partial charge in [-0.25, -0.2) is 4.79 Å². The Labute approximate surface area is 190 Å². The number of phenols is 1. The van der Waals surface area contributed by atoms with E-state index in [1.54, 1.807) is 0 Å². The Hall–Kier alpha value is -1.55. The van der Waals surface area contributed by atoms with Crippen LogP contribution in [0.2, 0.25) is 0 Å². The topological polar surface area (TPSA) is 77.8 Å². The van der Waals surface area contributed by atoms with Crippen molar-refractivity contribution in [3.05, 3.63) is 28.8 Å². The van der Waals surface area contributed by atoms with E-state index in [-0.39, 0.29) is 11.3 Å². The van der Waals surface area contributed by atoms with Gasteiger partial charge in [0.05, 0.1) is 11.7 Å². The minimum Gasteiger partial charge on any atom is -0.508 e. The summed E-state index contributed by atoms with van der Waals surface area (Å²) in [6.07, 6.45) is 19.7. The smallest absolute Gasteiger partial charge is 0.335 e. The first-order valence-corrected chi connectivity index (χ1v) is 12.8. The van der Waals surface area contributed by atoms with Crippen LogP contribution in [0.1, 0.15) is 144 Å². The van der Waals surface area contributed by atoms with Crippen LogP contribution < -0.4 is 0 Å². The number of aromatic carboxylic acids is 1. The summed E-state index contributed by atoms with van der Waals surface area (Å²) in [6, 6.07) is 2.80. The van der Waals surface area contributed by atoms with E-state index < -0.39 is 12.1 Å². The maximum Gasteiger partial charge on any atom is 0.335 e. The molecule has 0 aliphatic rings. The number of aromatic hydroxyl groups is 1.